The lowest BCUT2D eigenvalue weighted by atomic mass is 9.91. The van der Waals surface area contributed by atoms with E-state index in [0.29, 0.717) is 17.3 Å². The lowest BCUT2D eigenvalue weighted by Gasteiger charge is -2.25. The number of hydrogen-bond donors (Lipinski definition) is 0. The van der Waals surface area contributed by atoms with Crippen LogP contribution in [0.4, 0.5) is 10.8 Å². The molecule has 4 nitrogen and oxygen atoms in total. The summed E-state index contributed by atoms with van der Waals surface area (Å²) in [6.45, 7) is 6.19. The van der Waals surface area contributed by atoms with Crippen LogP contribution in [0.5, 0.6) is 5.75 Å². The lowest BCUT2D eigenvalue weighted by molar-refractivity contribution is -0.119. The molecular weight excluding hydrogens is 332 g/mol. The largest absolute Gasteiger partial charge is 0.497 e. The van der Waals surface area contributed by atoms with E-state index in [9.17, 15) is 4.79 Å². The summed E-state index contributed by atoms with van der Waals surface area (Å²) in [7, 11) is 1.62. The van der Waals surface area contributed by atoms with Gasteiger partial charge in [-0.1, -0.05) is 50.3 Å². The summed E-state index contributed by atoms with van der Waals surface area (Å²) >= 11 is 1.52. The van der Waals surface area contributed by atoms with Crippen molar-refractivity contribution in [3.63, 3.8) is 0 Å². The van der Waals surface area contributed by atoms with E-state index in [4.69, 9.17) is 4.74 Å². The van der Waals surface area contributed by atoms with Gasteiger partial charge in [0.05, 0.1) is 23.0 Å². The Hall–Kier alpha value is -2.40. The molecule has 1 amide bonds. The topological polar surface area (TPSA) is 42.4 Å². The monoisotopic (exact) mass is 354 g/mol. The fourth-order valence-electron chi connectivity index (χ4n) is 2.60. The van der Waals surface area contributed by atoms with Crippen molar-refractivity contribution in [1.82, 2.24) is 4.98 Å². The third-order valence-corrected chi connectivity index (χ3v) is 4.74. The first-order chi connectivity index (χ1) is 11.9. The fraction of sp³-hybridized carbons (Fsp3) is 0.300. The number of amides is 1. The van der Waals surface area contributed by atoms with E-state index in [2.05, 4.69) is 25.8 Å². The van der Waals surface area contributed by atoms with Crippen LogP contribution in [0.15, 0.2) is 48.5 Å². The third kappa shape index (κ3) is 3.99. The quantitative estimate of drug-likeness (QED) is 0.629. The number of anilines is 2. The van der Waals surface area contributed by atoms with Crippen LogP contribution < -0.4 is 9.64 Å². The summed E-state index contributed by atoms with van der Waals surface area (Å²) in [6.07, 6.45) is 0.431. The number of thiazole rings is 1. The maximum absolute atomic E-state index is 13.1. The number of carbonyl (C=O) groups excluding carboxylic acids is 1. The number of benzene rings is 2. The number of rotatable bonds is 4. The minimum absolute atomic E-state index is 0.0276. The van der Waals surface area contributed by atoms with Gasteiger partial charge in [0.25, 0.3) is 0 Å². The highest BCUT2D eigenvalue weighted by atomic mass is 32.1. The van der Waals surface area contributed by atoms with E-state index in [1.807, 2.05) is 48.5 Å². The molecule has 0 aliphatic carbocycles. The maximum atomic E-state index is 13.1. The van der Waals surface area contributed by atoms with Crippen molar-refractivity contribution >= 4 is 38.3 Å². The van der Waals surface area contributed by atoms with Crippen molar-refractivity contribution in [3.05, 3.63) is 48.5 Å². The Balaban J connectivity index is 2.08. The predicted octanol–water partition coefficient (Wildman–Crippen LogP) is 5.41. The van der Waals surface area contributed by atoms with Gasteiger partial charge in [-0.2, -0.15) is 0 Å². The number of aromatic nitrogens is 1. The first kappa shape index (κ1) is 17.4. The van der Waals surface area contributed by atoms with Crippen molar-refractivity contribution < 1.29 is 9.53 Å². The molecule has 5 heteroatoms. The molecule has 0 radical (unpaired) electrons. The molecule has 3 aromatic rings. The summed E-state index contributed by atoms with van der Waals surface area (Å²) in [5, 5.41) is 0.684. The van der Waals surface area contributed by atoms with Crippen LogP contribution >= 0.6 is 11.3 Å². The number of nitrogens with zero attached hydrogens (tertiary/aromatic N) is 2. The molecule has 1 aromatic heterocycles. The first-order valence-corrected chi connectivity index (χ1v) is 9.02. The van der Waals surface area contributed by atoms with Crippen molar-refractivity contribution in [2.75, 3.05) is 12.0 Å². The minimum atomic E-state index is -0.106. The van der Waals surface area contributed by atoms with E-state index >= 15 is 0 Å². The molecule has 0 atom stereocenters. The first-order valence-electron chi connectivity index (χ1n) is 8.20. The second kappa shape index (κ2) is 6.84. The molecule has 25 heavy (non-hydrogen) atoms. The zero-order valence-electron chi connectivity index (χ0n) is 14.9. The Morgan fingerprint density at radius 2 is 1.92 bits per heavy atom. The summed E-state index contributed by atoms with van der Waals surface area (Å²) < 4.78 is 6.39. The Morgan fingerprint density at radius 3 is 2.60 bits per heavy atom. The Bertz CT molecular complexity index is 863. The molecule has 0 bridgehead atoms. The van der Waals surface area contributed by atoms with Crippen LogP contribution in [0, 0.1) is 5.41 Å². The van der Waals surface area contributed by atoms with Gasteiger partial charge in [0.2, 0.25) is 5.91 Å². The molecular formula is C20H22N2O2S. The normalized spacial score (nSPS) is 11.5. The van der Waals surface area contributed by atoms with Crippen LogP contribution in [0.25, 0.3) is 10.2 Å². The van der Waals surface area contributed by atoms with E-state index in [0.717, 1.165) is 15.9 Å². The molecule has 0 spiro atoms. The van der Waals surface area contributed by atoms with Crippen LogP contribution in [0.2, 0.25) is 0 Å². The van der Waals surface area contributed by atoms with Crippen molar-refractivity contribution in [1.29, 1.82) is 0 Å². The van der Waals surface area contributed by atoms with Gasteiger partial charge in [0, 0.05) is 12.5 Å². The van der Waals surface area contributed by atoms with Crippen molar-refractivity contribution in [2.45, 2.75) is 27.2 Å². The van der Waals surface area contributed by atoms with Crippen molar-refractivity contribution in [2.24, 2.45) is 5.41 Å². The van der Waals surface area contributed by atoms with Crippen LogP contribution in [-0.2, 0) is 4.79 Å². The Labute approximate surface area is 152 Å². The molecule has 0 N–H and O–H groups in total. The zero-order chi connectivity index (χ0) is 18.0. The standard InChI is InChI=1S/C20H22N2O2S/c1-20(2,3)13-18(23)22(14-8-7-9-15(12-14)24-4)19-21-16-10-5-6-11-17(16)25-19/h5-12H,13H2,1-4H3. The van der Waals surface area contributed by atoms with Gasteiger partial charge in [-0.05, 0) is 29.7 Å². The van der Waals surface area contributed by atoms with Gasteiger partial charge < -0.3 is 4.74 Å². The molecule has 0 saturated heterocycles. The van der Waals surface area contributed by atoms with Gasteiger partial charge in [-0.25, -0.2) is 4.98 Å². The molecule has 0 saturated carbocycles. The van der Waals surface area contributed by atoms with E-state index < -0.39 is 0 Å². The lowest BCUT2D eigenvalue weighted by Crippen LogP contribution is -2.29. The zero-order valence-corrected chi connectivity index (χ0v) is 15.8. The number of fused-ring (bicyclic) bond motifs is 1. The second-order valence-electron chi connectivity index (χ2n) is 7.13. The van der Waals surface area contributed by atoms with Crippen LogP contribution in [0.3, 0.4) is 0 Å². The highest BCUT2D eigenvalue weighted by Gasteiger charge is 2.26. The van der Waals surface area contributed by atoms with Gasteiger partial charge >= 0.3 is 0 Å². The van der Waals surface area contributed by atoms with E-state index in [-0.39, 0.29) is 11.3 Å². The number of methoxy groups -OCH3 is 1. The number of para-hydroxylation sites is 1. The SMILES string of the molecule is COc1cccc(N(C(=O)CC(C)(C)C)c2nc3ccccc3s2)c1. The van der Waals surface area contributed by atoms with Crippen LogP contribution in [-0.4, -0.2) is 18.0 Å². The smallest absolute Gasteiger partial charge is 0.233 e. The molecule has 3 rings (SSSR count). The predicted molar refractivity (Wildman–Crippen MR) is 104 cm³/mol. The molecule has 0 unspecified atom stereocenters. The highest BCUT2D eigenvalue weighted by molar-refractivity contribution is 7.22. The Kier molecular flexibility index (Phi) is 4.77. The van der Waals surface area contributed by atoms with Crippen molar-refractivity contribution in [3.8, 4) is 5.75 Å². The number of ether oxygens (including phenoxy) is 1. The molecule has 1 heterocycles. The highest BCUT2D eigenvalue weighted by Crippen LogP contribution is 2.36. The fourth-order valence-corrected chi connectivity index (χ4v) is 3.60. The molecule has 0 aliphatic heterocycles. The molecule has 0 aliphatic rings. The number of hydrogen-bond acceptors (Lipinski definition) is 4. The molecule has 130 valence electrons. The summed E-state index contributed by atoms with van der Waals surface area (Å²) in [5.41, 5.74) is 1.57. The van der Waals surface area contributed by atoms with Gasteiger partial charge in [0.1, 0.15) is 5.75 Å². The van der Waals surface area contributed by atoms with Gasteiger partial charge in [0.15, 0.2) is 5.13 Å². The summed E-state index contributed by atoms with van der Waals surface area (Å²) in [6, 6.07) is 15.5. The maximum Gasteiger partial charge on any atom is 0.233 e. The van der Waals surface area contributed by atoms with E-state index in [1.165, 1.54) is 11.3 Å². The van der Waals surface area contributed by atoms with Crippen LogP contribution in [0.1, 0.15) is 27.2 Å². The Morgan fingerprint density at radius 1 is 1.16 bits per heavy atom. The second-order valence-corrected chi connectivity index (χ2v) is 8.14. The average Bonchev–Trinajstić information content (AvgIpc) is 2.96. The number of carbonyl (C=O) groups is 1. The van der Waals surface area contributed by atoms with Gasteiger partial charge in [-0.3, -0.25) is 9.69 Å². The van der Waals surface area contributed by atoms with Gasteiger partial charge in [-0.15, -0.1) is 0 Å². The average molecular weight is 354 g/mol. The molecule has 2 aromatic carbocycles. The van der Waals surface area contributed by atoms with E-state index in [1.54, 1.807) is 12.0 Å². The molecule has 0 fully saturated rings. The third-order valence-electron chi connectivity index (χ3n) is 3.72. The minimum Gasteiger partial charge on any atom is -0.497 e. The summed E-state index contributed by atoms with van der Waals surface area (Å²) in [5.74, 6) is 0.743. The summed E-state index contributed by atoms with van der Waals surface area (Å²) in [4.78, 5) is 19.5.